The molecule has 0 spiro atoms. The van der Waals surface area contributed by atoms with Crippen molar-refractivity contribution in [2.45, 2.75) is 38.8 Å². The highest BCUT2D eigenvalue weighted by molar-refractivity contribution is 6.04. The van der Waals surface area contributed by atoms with Crippen LogP contribution in [0, 0.1) is 0 Å². The number of benzene rings is 1. The van der Waals surface area contributed by atoms with Crippen LogP contribution in [0.2, 0.25) is 0 Å². The molecule has 1 aliphatic rings. The van der Waals surface area contributed by atoms with E-state index in [0.717, 1.165) is 16.9 Å². The van der Waals surface area contributed by atoms with Crippen molar-refractivity contribution in [3.63, 3.8) is 0 Å². The topological polar surface area (TPSA) is 83.8 Å². The molecule has 1 aliphatic heterocycles. The lowest BCUT2D eigenvalue weighted by Gasteiger charge is -2.27. The first-order valence-corrected chi connectivity index (χ1v) is 7.01. The number of primary amides is 1. The van der Waals surface area contributed by atoms with E-state index in [0.29, 0.717) is 11.1 Å². The number of nitrogens with zero attached hydrogens (tertiary/aromatic N) is 1. The Morgan fingerprint density at radius 2 is 1.91 bits per heavy atom. The third kappa shape index (κ3) is 2.62. The van der Waals surface area contributed by atoms with E-state index in [1.54, 1.807) is 12.1 Å². The second kappa shape index (κ2) is 5.11. The van der Waals surface area contributed by atoms with E-state index in [9.17, 15) is 4.79 Å². The van der Waals surface area contributed by atoms with Gasteiger partial charge in [-0.2, -0.15) is 0 Å². The molecule has 0 bridgehead atoms. The molecule has 2 aromatic rings. The molecule has 2 heterocycles. The fourth-order valence-electron chi connectivity index (χ4n) is 3.17. The second-order valence-electron chi connectivity index (χ2n) is 6.68. The Morgan fingerprint density at radius 3 is 2.45 bits per heavy atom. The number of carbonyl (C=O) groups is 1. The minimum Gasteiger partial charge on any atom is -0.366 e. The first-order valence-electron chi connectivity index (χ1n) is 7.01. The van der Waals surface area contributed by atoms with E-state index in [2.05, 4.69) is 49.1 Å². The van der Waals surface area contributed by atoms with Crippen molar-refractivity contribution in [3.05, 3.63) is 35.7 Å². The van der Waals surface area contributed by atoms with Crippen molar-refractivity contribution in [3.8, 4) is 0 Å². The first kappa shape index (κ1) is 16.5. The van der Waals surface area contributed by atoms with Gasteiger partial charge in [0.1, 0.15) is 11.3 Å². The fourth-order valence-corrected chi connectivity index (χ4v) is 3.17. The van der Waals surface area contributed by atoms with E-state index in [-0.39, 0.29) is 23.5 Å². The number of aromatic amines is 1. The number of imidazole rings is 1. The van der Waals surface area contributed by atoms with Crippen LogP contribution in [0.25, 0.3) is 16.6 Å². The molecule has 4 N–H and O–H groups in total. The Bertz CT molecular complexity index is 774. The number of amides is 1. The quantitative estimate of drug-likeness (QED) is 0.795. The van der Waals surface area contributed by atoms with Crippen LogP contribution in [0.3, 0.4) is 0 Å². The first-order chi connectivity index (χ1) is 9.70. The lowest BCUT2D eigenvalue weighted by molar-refractivity contribution is 0.100. The van der Waals surface area contributed by atoms with E-state index in [4.69, 9.17) is 5.73 Å². The van der Waals surface area contributed by atoms with Crippen LogP contribution in [0.4, 0.5) is 0 Å². The summed E-state index contributed by atoms with van der Waals surface area (Å²) in [5, 5.41) is 3.56. The minimum absolute atomic E-state index is 0. The van der Waals surface area contributed by atoms with Crippen LogP contribution in [-0.2, 0) is 0 Å². The van der Waals surface area contributed by atoms with Crippen LogP contribution >= 0.6 is 12.4 Å². The number of aromatic nitrogens is 2. The van der Waals surface area contributed by atoms with E-state index in [1.165, 1.54) is 0 Å². The van der Waals surface area contributed by atoms with Crippen molar-refractivity contribution in [1.82, 2.24) is 15.3 Å². The SMILES string of the molecule is CC1(C)C=C(c2nc3c(C(N)=O)cccc3[nH]2)C(C)(C)N1.Cl. The summed E-state index contributed by atoms with van der Waals surface area (Å²) < 4.78 is 0. The molecule has 0 radical (unpaired) electrons. The maximum atomic E-state index is 11.5. The van der Waals surface area contributed by atoms with Crippen molar-refractivity contribution in [1.29, 1.82) is 0 Å². The maximum absolute atomic E-state index is 11.5. The Hall–Kier alpha value is -1.85. The Kier molecular flexibility index (Phi) is 3.83. The monoisotopic (exact) mass is 320 g/mol. The summed E-state index contributed by atoms with van der Waals surface area (Å²) in [4.78, 5) is 19.4. The van der Waals surface area contributed by atoms with Crippen LogP contribution in [0.1, 0.15) is 43.9 Å². The lowest BCUT2D eigenvalue weighted by Crippen LogP contribution is -2.45. The van der Waals surface area contributed by atoms with Gasteiger partial charge in [-0.3, -0.25) is 10.1 Å². The predicted octanol–water partition coefficient (Wildman–Crippen LogP) is 2.63. The normalized spacial score (nSPS) is 18.8. The average Bonchev–Trinajstić information content (AvgIpc) is 2.85. The molecule has 22 heavy (non-hydrogen) atoms. The van der Waals surface area contributed by atoms with Crippen LogP contribution in [0.15, 0.2) is 24.3 Å². The van der Waals surface area contributed by atoms with Crippen molar-refractivity contribution in [2.24, 2.45) is 5.73 Å². The van der Waals surface area contributed by atoms with Gasteiger partial charge in [-0.05, 0) is 39.8 Å². The van der Waals surface area contributed by atoms with Gasteiger partial charge in [-0.15, -0.1) is 12.4 Å². The van der Waals surface area contributed by atoms with Crippen molar-refractivity contribution >= 4 is 34.9 Å². The molecular weight excluding hydrogens is 300 g/mol. The molecule has 118 valence electrons. The molecule has 0 saturated carbocycles. The van der Waals surface area contributed by atoms with Gasteiger partial charge in [0.25, 0.3) is 5.91 Å². The van der Waals surface area contributed by atoms with Gasteiger partial charge in [0.05, 0.1) is 11.1 Å². The highest BCUT2D eigenvalue weighted by Gasteiger charge is 2.38. The van der Waals surface area contributed by atoms with Crippen molar-refractivity contribution in [2.75, 3.05) is 0 Å². The van der Waals surface area contributed by atoms with Crippen LogP contribution in [-0.4, -0.2) is 27.0 Å². The molecule has 1 aromatic carbocycles. The summed E-state index contributed by atoms with van der Waals surface area (Å²) >= 11 is 0. The van der Waals surface area contributed by atoms with Gasteiger partial charge in [-0.1, -0.05) is 12.1 Å². The minimum atomic E-state index is -0.461. The fraction of sp³-hybridized carbons (Fsp3) is 0.375. The molecule has 3 rings (SSSR count). The number of para-hydroxylation sites is 1. The molecule has 6 heteroatoms. The highest BCUT2D eigenvalue weighted by Crippen LogP contribution is 2.36. The van der Waals surface area contributed by atoms with Crippen LogP contribution in [0.5, 0.6) is 0 Å². The zero-order valence-electron chi connectivity index (χ0n) is 13.2. The molecule has 1 amide bonds. The van der Waals surface area contributed by atoms with Gasteiger partial charge >= 0.3 is 0 Å². The zero-order valence-corrected chi connectivity index (χ0v) is 14.0. The summed E-state index contributed by atoms with van der Waals surface area (Å²) in [6.45, 7) is 8.49. The van der Waals surface area contributed by atoms with E-state index >= 15 is 0 Å². The highest BCUT2D eigenvalue weighted by atomic mass is 35.5. The maximum Gasteiger partial charge on any atom is 0.250 e. The molecule has 0 atom stereocenters. The van der Waals surface area contributed by atoms with Gasteiger partial charge < -0.3 is 10.7 Å². The predicted molar refractivity (Wildman–Crippen MR) is 91.1 cm³/mol. The Balaban J connectivity index is 0.00000176. The number of halogens is 1. The van der Waals surface area contributed by atoms with Gasteiger partial charge in [0, 0.05) is 16.7 Å². The van der Waals surface area contributed by atoms with Crippen molar-refractivity contribution < 1.29 is 4.79 Å². The average molecular weight is 321 g/mol. The van der Waals surface area contributed by atoms with E-state index < -0.39 is 5.91 Å². The number of hydrogen-bond acceptors (Lipinski definition) is 3. The second-order valence-corrected chi connectivity index (χ2v) is 6.68. The summed E-state index contributed by atoms with van der Waals surface area (Å²) in [5.74, 6) is 0.318. The lowest BCUT2D eigenvalue weighted by atomic mass is 9.96. The third-order valence-corrected chi connectivity index (χ3v) is 3.85. The summed E-state index contributed by atoms with van der Waals surface area (Å²) in [7, 11) is 0. The molecule has 1 aromatic heterocycles. The molecule has 0 unspecified atom stereocenters. The van der Waals surface area contributed by atoms with Crippen LogP contribution < -0.4 is 11.1 Å². The standard InChI is InChI=1S/C16H20N4O.ClH/c1-15(2)8-10(16(3,4)20-15)14-18-11-7-5-6-9(13(17)21)12(11)19-14;/h5-8,20H,1-4H3,(H2,17,21)(H,18,19);1H. The summed E-state index contributed by atoms with van der Waals surface area (Å²) in [6, 6.07) is 5.41. The number of fused-ring (bicyclic) bond motifs is 1. The van der Waals surface area contributed by atoms with E-state index in [1.807, 2.05) is 6.07 Å². The number of nitrogens with two attached hydrogens (primary N) is 1. The molecule has 0 aliphatic carbocycles. The third-order valence-electron chi connectivity index (χ3n) is 3.85. The largest absolute Gasteiger partial charge is 0.366 e. The Morgan fingerprint density at radius 1 is 1.23 bits per heavy atom. The zero-order chi connectivity index (χ0) is 15.4. The smallest absolute Gasteiger partial charge is 0.250 e. The summed E-state index contributed by atoms with van der Waals surface area (Å²) in [5.41, 5.74) is 8.12. The molecule has 0 fully saturated rings. The van der Waals surface area contributed by atoms with Gasteiger partial charge in [0.2, 0.25) is 0 Å². The number of nitrogens with one attached hydrogen (secondary N) is 2. The number of H-pyrrole nitrogens is 1. The number of hydrogen-bond donors (Lipinski definition) is 3. The Labute approximate surface area is 135 Å². The molecule has 0 saturated heterocycles. The molecule has 5 nitrogen and oxygen atoms in total. The molecular formula is C16H21ClN4O. The van der Waals surface area contributed by atoms with Gasteiger partial charge in [-0.25, -0.2) is 4.98 Å². The van der Waals surface area contributed by atoms with Gasteiger partial charge in [0.15, 0.2) is 0 Å². The number of carbonyl (C=O) groups excluding carboxylic acids is 1. The summed E-state index contributed by atoms with van der Waals surface area (Å²) in [6.07, 6.45) is 2.18. The number of rotatable bonds is 2.